The molecule has 0 bridgehead atoms. The summed E-state index contributed by atoms with van der Waals surface area (Å²) in [5.41, 5.74) is 3.17. The molecule has 0 aliphatic rings. The van der Waals surface area contributed by atoms with Gasteiger partial charge in [-0.2, -0.15) is 10.2 Å². The minimum atomic E-state index is -0.319. The van der Waals surface area contributed by atoms with E-state index < -0.39 is 0 Å². The van der Waals surface area contributed by atoms with Crippen molar-refractivity contribution >= 4 is 11.6 Å². The van der Waals surface area contributed by atoms with Gasteiger partial charge in [0.25, 0.3) is 5.91 Å². The third kappa shape index (κ3) is 3.23. The van der Waals surface area contributed by atoms with Crippen molar-refractivity contribution in [1.82, 2.24) is 20.0 Å². The van der Waals surface area contributed by atoms with E-state index in [1.807, 2.05) is 24.4 Å². The first kappa shape index (κ1) is 15.8. The average molecular weight is 347 g/mol. The molecule has 26 heavy (non-hydrogen) atoms. The molecule has 2 aromatic heterocycles. The van der Waals surface area contributed by atoms with E-state index in [1.54, 1.807) is 41.2 Å². The Bertz CT molecular complexity index is 1020. The summed E-state index contributed by atoms with van der Waals surface area (Å²) < 4.78 is 14.7. The van der Waals surface area contributed by atoms with E-state index in [2.05, 4.69) is 20.6 Å². The largest absolute Gasteiger partial charge is 0.321 e. The SMILES string of the molecule is O=C(Nc1ccc(-n2cccn2)cc1)c1cc(-c2ccc(F)cc2)n[nH]1. The van der Waals surface area contributed by atoms with E-state index in [0.717, 1.165) is 11.3 Å². The molecule has 0 saturated heterocycles. The van der Waals surface area contributed by atoms with Gasteiger partial charge in [0.1, 0.15) is 11.5 Å². The van der Waals surface area contributed by atoms with Gasteiger partial charge in [-0.15, -0.1) is 0 Å². The maximum Gasteiger partial charge on any atom is 0.273 e. The van der Waals surface area contributed by atoms with Gasteiger partial charge in [-0.05, 0) is 60.7 Å². The van der Waals surface area contributed by atoms with Crippen LogP contribution in [0.25, 0.3) is 16.9 Å². The number of nitrogens with zero attached hydrogens (tertiary/aromatic N) is 3. The molecular formula is C19H14FN5O. The van der Waals surface area contributed by atoms with Gasteiger partial charge >= 0.3 is 0 Å². The smallest absolute Gasteiger partial charge is 0.273 e. The molecule has 0 atom stereocenters. The molecule has 0 radical (unpaired) electrons. The molecule has 4 aromatic rings. The molecule has 0 saturated carbocycles. The molecule has 2 N–H and O–H groups in total. The summed E-state index contributed by atoms with van der Waals surface area (Å²) in [5.74, 6) is -0.626. The van der Waals surface area contributed by atoms with Gasteiger partial charge in [-0.25, -0.2) is 9.07 Å². The first-order valence-corrected chi connectivity index (χ1v) is 7.92. The van der Waals surface area contributed by atoms with Crippen LogP contribution in [-0.4, -0.2) is 25.9 Å². The van der Waals surface area contributed by atoms with Crippen molar-refractivity contribution in [2.75, 3.05) is 5.32 Å². The minimum absolute atomic E-state index is 0.308. The van der Waals surface area contributed by atoms with Gasteiger partial charge in [0, 0.05) is 23.6 Å². The molecule has 0 spiro atoms. The highest BCUT2D eigenvalue weighted by atomic mass is 19.1. The number of hydrogen-bond donors (Lipinski definition) is 2. The van der Waals surface area contributed by atoms with Crippen LogP contribution in [0.3, 0.4) is 0 Å². The second kappa shape index (κ2) is 6.64. The van der Waals surface area contributed by atoms with Crippen LogP contribution in [0, 0.1) is 5.82 Å². The fraction of sp³-hybridized carbons (Fsp3) is 0. The van der Waals surface area contributed by atoms with E-state index in [9.17, 15) is 9.18 Å². The van der Waals surface area contributed by atoms with Gasteiger partial charge in [0.15, 0.2) is 0 Å². The van der Waals surface area contributed by atoms with Crippen molar-refractivity contribution in [3.8, 4) is 16.9 Å². The topological polar surface area (TPSA) is 75.6 Å². The van der Waals surface area contributed by atoms with Gasteiger partial charge in [0.2, 0.25) is 0 Å². The summed E-state index contributed by atoms with van der Waals surface area (Å²) >= 11 is 0. The van der Waals surface area contributed by atoms with Crippen molar-refractivity contribution < 1.29 is 9.18 Å². The molecule has 2 aromatic carbocycles. The van der Waals surface area contributed by atoms with Crippen LogP contribution in [0.15, 0.2) is 73.1 Å². The fourth-order valence-corrected chi connectivity index (χ4v) is 2.52. The number of hydrogen-bond acceptors (Lipinski definition) is 3. The van der Waals surface area contributed by atoms with E-state index in [-0.39, 0.29) is 11.7 Å². The van der Waals surface area contributed by atoms with Gasteiger partial charge in [0.05, 0.1) is 11.4 Å². The molecule has 0 aliphatic heterocycles. The Kier molecular flexibility index (Phi) is 4.03. The second-order valence-electron chi connectivity index (χ2n) is 5.63. The lowest BCUT2D eigenvalue weighted by Crippen LogP contribution is -2.12. The van der Waals surface area contributed by atoms with Crippen molar-refractivity contribution in [2.24, 2.45) is 0 Å². The summed E-state index contributed by atoms with van der Waals surface area (Å²) in [6, 6.07) is 16.7. The van der Waals surface area contributed by atoms with Crippen molar-refractivity contribution in [3.05, 3.63) is 84.6 Å². The minimum Gasteiger partial charge on any atom is -0.321 e. The van der Waals surface area contributed by atoms with Crippen molar-refractivity contribution in [1.29, 1.82) is 0 Å². The summed E-state index contributed by atoms with van der Waals surface area (Å²) in [5, 5.41) is 13.8. The molecule has 2 heterocycles. The van der Waals surface area contributed by atoms with Crippen LogP contribution < -0.4 is 5.32 Å². The lowest BCUT2D eigenvalue weighted by atomic mass is 10.1. The van der Waals surface area contributed by atoms with Gasteiger partial charge in [-0.3, -0.25) is 9.89 Å². The number of aromatic nitrogens is 4. The number of rotatable bonds is 4. The van der Waals surface area contributed by atoms with Gasteiger partial charge < -0.3 is 5.32 Å². The number of halogens is 1. The summed E-state index contributed by atoms with van der Waals surface area (Å²) in [6.45, 7) is 0. The maximum absolute atomic E-state index is 13.0. The van der Waals surface area contributed by atoms with Crippen LogP contribution >= 0.6 is 0 Å². The normalized spacial score (nSPS) is 10.7. The molecule has 0 unspecified atom stereocenters. The predicted octanol–water partition coefficient (Wildman–Crippen LogP) is 3.65. The zero-order valence-corrected chi connectivity index (χ0v) is 13.6. The summed E-state index contributed by atoms with van der Waals surface area (Å²) in [6.07, 6.45) is 3.54. The summed E-state index contributed by atoms with van der Waals surface area (Å²) in [7, 11) is 0. The Morgan fingerprint density at radius 1 is 1.08 bits per heavy atom. The Morgan fingerprint density at radius 2 is 1.85 bits per heavy atom. The monoisotopic (exact) mass is 347 g/mol. The molecule has 1 amide bonds. The molecule has 0 aliphatic carbocycles. The Labute approximate surface area is 148 Å². The average Bonchev–Trinajstić information content (AvgIpc) is 3.35. The molecular weight excluding hydrogens is 333 g/mol. The number of benzene rings is 2. The Balaban J connectivity index is 1.47. The fourth-order valence-electron chi connectivity index (χ4n) is 2.52. The number of aromatic amines is 1. The van der Waals surface area contributed by atoms with Crippen LogP contribution in [0.4, 0.5) is 10.1 Å². The number of carbonyl (C=O) groups excluding carboxylic acids is 1. The number of nitrogens with one attached hydrogen (secondary N) is 2. The lowest BCUT2D eigenvalue weighted by molar-refractivity contribution is 0.102. The van der Waals surface area contributed by atoms with Crippen molar-refractivity contribution in [3.63, 3.8) is 0 Å². The molecule has 6 nitrogen and oxygen atoms in total. The number of H-pyrrole nitrogens is 1. The molecule has 128 valence electrons. The molecule has 0 fully saturated rings. The van der Waals surface area contributed by atoms with Crippen LogP contribution in [0.2, 0.25) is 0 Å². The van der Waals surface area contributed by atoms with E-state index >= 15 is 0 Å². The van der Waals surface area contributed by atoms with Crippen molar-refractivity contribution in [2.45, 2.75) is 0 Å². The van der Waals surface area contributed by atoms with E-state index in [4.69, 9.17) is 0 Å². The zero-order valence-electron chi connectivity index (χ0n) is 13.6. The quantitative estimate of drug-likeness (QED) is 0.592. The zero-order chi connectivity index (χ0) is 17.9. The van der Waals surface area contributed by atoms with E-state index in [1.165, 1.54) is 12.1 Å². The highest BCUT2D eigenvalue weighted by molar-refractivity contribution is 6.03. The van der Waals surface area contributed by atoms with Crippen LogP contribution in [0.5, 0.6) is 0 Å². The maximum atomic E-state index is 13.0. The van der Waals surface area contributed by atoms with Crippen LogP contribution in [-0.2, 0) is 0 Å². The Hall–Kier alpha value is -3.74. The second-order valence-corrected chi connectivity index (χ2v) is 5.63. The standard InChI is InChI=1S/C19H14FN5O/c20-14-4-2-13(3-5-14)17-12-18(24-23-17)19(26)22-15-6-8-16(9-7-15)25-11-1-10-21-25/h1-12H,(H,22,26)(H,23,24). The third-order valence-electron chi connectivity index (χ3n) is 3.86. The summed E-state index contributed by atoms with van der Waals surface area (Å²) in [4.78, 5) is 12.4. The first-order chi connectivity index (χ1) is 12.7. The highest BCUT2D eigenvalue weighted by Gasteiger charge is 2.11. The Morgan fingerprint density at radius 3 is 2.54 bits per heavy atom. The number of amides is 1. The predicted molar refractivity (Wildman–Crippen MR) is 95.5 cm³/mol. The molecule has 7 heteroatoms. The molecule has 4 rings (SSSR count). The lowest BCUT2D eigenvalue weighted by Gasteiger charge is -2.05. The first-order valence-electron chi connectivity index (χ1n) is 7.92. The van der Waals surface area contributed by atoms with Gasteiger partial charge in [-0.1, -0.05) is 0 Å². The third-order valence-corrected chi connectivity index (χ3v) is 3.86. The number of carbonyl (C=O) groups is 1. The number of anilines is 1. The van der Waals surface area contributed by atoms with Crippen LogP contribution in [0.1, 0.15) is 10.5 Å². The van der Waals surface area contributed by atoms with E-state index in [0.29, 0.717) is 17.1 Å². The highest BCUT2D eigenvalue weighted by Crippen LogP contribution is 2.19.